The lowest BCUT2D eigenvalue weighted by Crippen LogP contribution is -1.98. The molecule has 0 unspecified atom stereocenters. The summed E-state index contributed by atoms with van der Waals surface area (Å²) in [4.78, 5) is 1.18. The van der Waals surface area contributed by atoms with Gasteiger partial charge < -0.3 is 9.68 Å². The lowest BCUT2D eigenvalue weighted by molar-refractivity contribution is 0.453. The van der Waals surface area contributed by atoms with E-state index >= 15 is 0 Å². The molecule has 11 heavy (non-hydrogen) atoms. The summed E-state index contributed by atoms with van der Waals surface area (Å²) in [7, 11) is 0.675. The van der Waals surface area contributed by atoms with Crippen LogP contribution in [0.25, 0.3) is 0 Å². The van der Waals surface area contributed by atoms with E-state index in [0.717, 1.165) is 0 Å². The third kappa shape index (κ3) is 2.48. The van der Waals surface area contributed by atoms with Crippen molar-refractivity contribution in [2.45, 2.75) is 4.90 Å². The maximum atomic E-state index is 8.29. The third-order valence-electron chi connectivity index (χ3n) is 1.25. The molecule has 0 aliphatic rings. The topological polar surface area (TPSA) is 29.5 Å². The molecule has 1 aromatic rings. The van der Waals surface area contributed by atoms with Gasteiger partial charge >= 0.3 is 7.69 Å². The standard InChI is InChI=1S/C7H8BO2S/c1-11-7-4-2-6(3-5-7)10-8-9/h2-5,9H,1H3. The highest BCUT2D eigenvalue weighted by atomic mass is 32.2. The summed E-state index contributed by atoms with van der Waals surface area (Å²) in [5.41, 5.74) is 0. The van der Waals surface area contributed by atoms with Gasteiger partial charge in [0.25, 0.3) is 0 Å². The first-order chi connectivity index (χ1) is 5.36. The molecule has 0 spiro atoms. The van der Waals surface area contributed by atoms with Crippen LogP contribution in [-0.4, -0.2) is 19.0 Å². The summed E-state index contributed by atoms with van der Waals surface area (Å²) >= 11 is 1.67. The maximum absolute atomic E-state index is 8.29. The van der Waals surface area contributed by atoms with Gasteiger partial charge in [-0.2, -0.15) is 0 Å². The van der Waals surface area contributed by atoms with Gasteiger partial charge in [0.1, 0.15) is 5.75 Å². The molecule has 0 saturated heterocycles. The predicted molar refractivity (Wildman–Crippen MR) is 46.8 cm³/mol. The van der Waals surface area contributed by atoms with E-state index < -0.39 is 0 Å². The summed E-state index contributed by atoms with van der Waals surface area (Å²) in [5.74, 6) is 0.644. The van der Waals surface area contributed by atoms with E-state index in [1.807, 2.05) is 18.4 Å². The van der Waals surface area contributed by atoms with E-state index in [9.17, 15) is 0 Å². The number of rotatable bonds is 3. The molecule has 0 bridgehead atoms. The molecule has 1 aromatic carbocycles. The summed E-state index contributed by atoms with van der Waals surface area (Å²) in [6.07, 6.45) is 2.01. The fourth-order valence-electron chi connectivity index (χ4n) is 0.715. The Labute approximate surface area is 70.9 Å². The van der Waals surface area contributed by atoms with Gasteiger partial charge in [-0.05, 0) is 30.5 Å². The smallest absolute Gasteiger partial charge is 0.537 e. The Morgan fingerprint density at radius 1 is 1.36 bits per heavy atom. The van der Waals surface area contributed by atoms with Crippen LogP contribution in [0.3, 0.4) is 0 Å². The molecular formula is C7H8BO2S. The molecule has 0 saturated carbocycles. The van der Waals surface area contributed by atoms with E-state index in [2.05, 4.69) is 0 Å². The highest BCUT2D eigenvalue weighted by Gasteiger charge is 1.93. The second-order valence-electron chi connectivity index (χ2n) is 1.90. The zero-order valence-electron chi connectivity index (χ0n) is 6.15. The highest BCUT2D eigenvalue weighted by molar-refractivity contribution is 7.98. The van der Waals surface area contributed by atoms with Crippen molar-refractivity contribution in [1.82, 2.24) is 0 Å². The molecule has 0 aliphatic carbocycles. The molecule has 1 N–H and O–H groups in total. The largest absolute Gasteiger partial charge is 0.569 e. The van der Waals surface area contributed by atoms with Gasteiger partial charge in [0, 0.05) is 4.90 Å². The van der Waals surface area contributed by atoms with E-state index in [1.54, 1.807) is 23.9 Å². The fourth-order valence-corrected chi connectivity index (χ4v) is 1.12. The van der Waals surface area contributed by atoms with Gasteiger partial charge in [-0.1, -0.05) is 0 Å². The summed E-state index contributed by atoms with van der Waals surface area (Å²) in [6.45, 7) is 0. The number of hydrogen-bond donors (Lipinski definition) is 1. The second-order valence-corrected chi connectivity index (χ2v) is 2.78. The Hall–Kier alpha value is -0.605. The quantitative estimate of drug-likeness (QED) is 0.543. The first-order valence-corrected chi connectivity index (χ1v) is 4.36. The van der Waals surface area contributed by atoms with Crippen molar-refractivity contribution in [3.05, 3.63) is 24.3 Å². The normalized spacial score (nSPS) is 9.27. The van der Waals surface area contributed by atoms with Crippen molar-refractivity contribution >= 4 is 19.4 Å². The summed E-state index contributed by atoms with van der Waals surface area (Å²) < 4.78 is 4.73. The molecule has 0 aromatic heterocycles. The Morgan fingerprint density at radius 3 is 2.45 bits per heavy atom. The van der Waals surface area contributed by atoms with Crippen molar-refractivity contribution < 1.29 is 9.68 Å². The zero-order valence-corrected chi connectivity index (χ0v) is 6.97. The van der Waals surface area contributed by atoms with E-state index in [4.69, 9.17) is 9.68 Å². The fraction of sp³-hybridized carbons (Fsp3) is 0.143. The van der Waals surface area contributed by atoms with Gasteiger partial charge in [0.15, 0.2) is 0 Å². The number of benzene rings is 1. The average molecular weight is 167 g/mol. The first kappa shape index (κ1) is 8.49. The van der Waals surface area contributed by atoms with Crippen LogP contribution in [0, 0.1) is 0 Å². The molecule has 0 aliphatic heterocycles. The molecule has 0 heterocycles. The van der Waals surface area contributed by atoms with Crippen molar-refractivity contribution in [3.63, 3.8) is 0 Å². The molecule has 57 valence electrons. The lowest BCUT2D eigenvalue weighted by Gasteiger charge is -2.00. The minimum Gasteiger partial charge on any atom is -0.537 e. The third-order valence-corrected chi connectivity index (χ3v) is 1.99. The lowest BCUT2D eigenvalue weighted by atomic mass is 10.3. The monoisotopic (exact) mass is 167 g/mol. The van der Waals surface area contributed by atoms with Crippen LogP contribution in [-0.2, 0) is 0 Å². The second kappa shape index (κ2) is 4.31. The number of thioether (sulfide) groups is 1. The molecule has 0 fully saturated rings. The van der Waals surface area contributed by atoms with Gasteiger partial charge in [-0.3, -0.25) is 0 Å². The van der Waals surface area contributed by atoms with Crippen LogP contribution < -0.4 is 4.65 Å². The maximum Gasteiger partial charge on any atom is 0.569 e. The molecule has 1 rings (SSSR count). The Morgan fingerprint density at radius 2 is 2.00 bits per heavy atom. The van der Waals surface area contributed by atoms with Gasteiger partial charge in [-0.15, -0.1) is 11.8 Å². The Balaban J connectivity index is 2.66. The van der Waals surface area contributed by atoms with E-state index in [0.29, 0.717) is 13.4 Å². The molecule has 1 radical (unpaired) electrons. The molecule has 2 nitrogen and oxygen atoms in total. The molecule has 4 heteroatoms. The minimum atomic E-state index is 0.644. The SMILES string of the molecule is CSc1ccc(O[B]O)cc1. The number of hydrogen-bond acceptors (Lipinski definition) is 3. The van der Waals surface area contributed by atoms with E-state index in [-0.39, 0.29) is 0 Å². The zero-order chi connectivity index (χ0) is 8.10. The molecular weight excluding hydrogens is 159 g/mol. The first-order valence-electron chi connectivity index (χ1n) is 3.13. The van der Waals surface area contributed by atoms with Gasteiger partial charge in [-0.25, -0.2) is 0 Å². The van der Waals surface area contributed by atoms with Crippen LogP contribution in [0.1, 0.15) is 0 Å². The van der Waals surface area contributed by atoms with Crippen LogP contribution in [0.15, 0.2) is 29.2 Å². The van der Waals surface area contributed by atoms with Crippen molar-refractivity contribution in [2.75, 3.05) is 6.26 Å². The minimum absolute atomic E-state index is 0.644. The highest BCUT2D eigenvalue weighted by Crippen LogP contribution is 2.18. The van der Waals surface area contributed by atoms with Crippen LogP contribution >= 0.6 is 11.8 Å². The summed E-state index contributed by atoms with van der Waals surface area (Å²) in [5, 5.41) is 8.29. The Bertz CT molecular complexity index is 212. The van der Waals surface area contributed by atoms with Crippen LogP contribution in [0.4, 0.5) is 0 Å². The van der Waals surface area contributed by atoms with Crippen molar-refractivity contribution in [1.29, 1.82) is 0 Å². The molecule has 0 atom stereocenters. The average Bonchev–Trinajstić information content (AvgIpc) is 2.07. The van der Waals surface area contributed by atoms with E-state index in [1.165, 1.54) is 4.90 Å². The van der Waals surface area contributed by atoms with Crippen molar-refractivity contribution in [3.8, 4) is 5.75 Å². The van der Waals surface area contributed by atoms with Crippen LogP contribution in [0.5, 0.6) is 5.75 Å². The van der Waals surface area contributed by atoms with Crippen molar-refractivity contribution in [2.24, 2.45) is 0 Å². The van der Waals surface area contributed by atoms with Gasteiger partial charge in [0.2, 0.25) is 0 Å². The summed E-state index contributed by atoms with van der Waals surface area (Å²) in [6, 6.07) is 7.48. The molecule has 0 amide bonds. The predicted octanol–water partition coefficient (Wildman–Crippen LogP) is 1.31. The van der Waals surface area contributed by atoms with Gasteiger partial charge in [0.05, 0.1) is 0 Å². The Kier molecular flexibility index (Phi) is 3.33. The van der Waals surface area contributed by atoms with Crippen LogP contribution in [0.2, 0.25) is 0 Å².